The summed E-state index contributed by atoms with van der Waals surface area (Å²) in [7, 11) is 0. The average Bonchev–Trinajstić information content (AvgIpc) is 2.92. The van der Waals surface area contributed by atoms with Crippen molar-refractivity contribution in [1.29, 1.82) is 0 Å². The largest absolute Gasteiger partial charge is 0.459 e. The second-order valence-electron chi connectivity index (χ2n) is 5.42. The van der Waals surface area contributed by atoms with Crippen LogP contribution in [0.1, 0.15) is 37.7 Å². The molecule has 0 aromatic carbocycles. The van der Waals surface area contributed by atoms with Gasteiger partial charge in [-0.05, 0) is 32.4 Å². The SMILES string of the molecule is CCC(C)(C)N1CCN(C(=O)c2ccco2)CC1. The first-order valence-electron chi connectivity index (χ1n) is 6.62. The molecule has 1 aromatic rings. The topological polar surface area (TPSA) is 36.7 Å². The van der Waals surface area contributed by atoms with Crippen molar-refractivity contribution in [2.45, 2.75) is 32.7 Å². The highest BCUT2D eigenvalue weighted by Crippen LogP contribution is 2.20. The molecule has 0 spiro atoms. The lowest BCUT2D eigenvalue weighted by Gasteiger charge is -2.43. The number of hydrogen-bond acceptors (Lipinski definition) is 3. The van der Waals surface area contributed by atoms with Crippen LogP contribution in [0.4, 0.5) is 0 Å². The molecule has 0 N–H and O–H groups in total. The van der Waals surface area contributed by atoms with E-state index in [1.165, 1.54) is 0 Å². The van der Waals surface area contributed by atoms with Crippen LogP contribution in [0.15, 0.2) is 22.8 Å². The van der Waals surface area contributed by atoms with Crippen LogP contribution in [0.25, 0.3) is 0 Å². The minimum atomic E-state index is 0.00829. The molecule has 0 aliphatic carbocycles. The van der Waals surface area contributed by atoms with Crippen LogP contribution in [-0.4, -0.2) is 47.4 Å². The van der Waals surface area contributed by atoms with E-state index in [4.69, 9.17) is 4.42 Å². The van der Waals surface area contributed by atoms with Gasteiger partial charge in [0.15, 0.2) is 5.76 Å². The van der Waals surface area contributed by atoms with Crippen molar-refractivity contribution in [3.8, 4) is 0 Å². The summed E-state index contributed by atoms with van der Waals surface area (Å²) in [6, 6.07) is 3.48. The summed E-state index contributed by atoms with van der Waals surface area (Å²) in [5.74, 6) is 0.451. The van der Waals surface area contributed by atoms with Gasteiger partial charge in [0.25, 0.3) is 5.91 Å². The number of rotatable bonds is 3. The first-order valence-corrected chi connectivity index (χ1v) is 6.62. The quantitative estimate of drug-likeness (QED) is 0.825. The van der Waals surface area contributed by atoms with Crippen molar-refractivity contribution in [2.24, 2.45) is 0 Å². The van der Waals surface area contributed by atoms with E-state index >= 15 is 0 Å². The molecular formula is C14H22N2O2. The molecule has 100 valence electrons. The molecule has 0 atom stereocenters. The molecule has 0 unspecified atom stereocenters. The fourth-order valence-corrected chi connectivity index (χ4v) is 2.29. The van der Waals surface area contributed by atoms with Gasteiger partial charge in [-0.25, -0.2) is 0 Å². The smallest absolute Gasteiger partial charge is 0.289 e. The van der Waals surface area contributed by atoms with Crippen LogP contribution in [-0.2, 0) is 0 Å². The van der Waals surface area contributed by atoms with Crippen molar-refractivity contribution >= 4 is 5.91 Å². The molecule has 0 saturated carbocycles. The molecule has 1 amide bonds. The van der Waals surface area contributed by atoms with E-state index < -0.39 is 0 Å². The van der Waals surface area contributed by atoms with Crippen LogP contribution < -0.4 is 0 Å². The van der Waals surface area contributed by atoms with Crippen LogP contribution in [0.3, 0.4) is 0 Å². The Kier molecular flexibility index (Phi) is 3.76. The number of furan rings is 1. The number of carbonyl (C=O) groups is 1. The van der Waals surface area contributed by atoms with Crippen molar-refractivity contribution in [2.75, 3.05) is 26.2 Å². The van der Waals surface area contributed by atoms with Gasteiger partial charge in [0, 0.05) is 31.7 Å². The molecule has 1 saturated heterocycles. The fraction of sp³-hybridized carbons (Fsp3) is 0.643. The molecule has 0 bridgehead atoms. The first kappa shape index (κ1) is 13.1. The van der Waals surface area contributed by atoms with Gasteiger partial charge in [-0.2, -0.15) is 0 Å². The molecule has 4 heteroatoms. The fourth-order valence-electron chi connectivity index (χ4n) is 2.29. The van der Waals surface area contributed by atoms with Crippen LogP contribution in [0, 0.1) is 0 Å². The third-order valence-electron chi connectivity index (χ3n) is 4.02. The van der Waals surface area contributed by atoms with E-state index in [1.54, 1.807) is 18.4 Å². The van der Waals surface area contributed by atoms with E-state index in [9.17, 15) is 4.79 Å². The predicted octanol–water partition coefficient (Wildman–Crippen LogP) is 2.23. The number of amides is 1. The molecule has 1 aliphatic heterocycles. The zero-order valence-corrected chi connectivity index (χ0v) is 11.5. The predicted molar refractivity (Wildman–Crippen MR) is 70.6 cm³/mol. The summed E-state index contributed by atoms with van der Waals surface area (Å²) in [5, 5.41) is 0. The van der Waals surface area contributed by atoms with E-state index in [0.29, 0.717) is 5.76 Å². The third-order valence-corrected chi connectivity index (χ3v) is 4.02. The van der Waals surface area contributed by atoms with Gasteiger partial charge in [-0.15, -0.1) is 0 Å². The van der Waals surface area contributed by atoms with Gasteiger partial charge >= 0.3 is 0 Å². The molecule has 2 rings (SSSR count). The zero-order valence-electron chi connectivity index (χ0n) is 11.5. The summed E-state index contributed by atoms with van der Waals surface area (Å²) < 4.78 is 5.16. The maximum absolute atomic E-state index is 12.1. The lowest BCUT2D eigenvalue weighted by Crippen LogP contribution is -2.55. The molecular weight excluding hydrogens is 228 g/mol. The Balaban J connectivity index is 1.93. The van der Waals surface area contributed by atoms with Crippen LogP contribution in [0.2, 0.25) is 0 Å². The number of piperazine rings is 1. The Bertz CT molecular complexity index is 390. The molecule has 18 heavy (non-hydrogen) atoms. The molecule has 4 nitrogen and oxygen atoms in total. The molecule has 1 fully saturated rings. The van der Waals surface area contributed by atoms with Crippen molar-refractivity contribution in [3.63, 3.8) is 0 Å². The highest BCUT2D eigenvalue weighted by Gasteiger charge is 2.30. The van der Waals surface area contributed by atoms with E-state index in [2.05, 4.69) is 25.7 Å². The molecule has 0 radical (unpaired) electrons. The van der Waals surface area contributed by atoms with Gasteiger partial charge in [-0.1, -0.05) is 6.92 Å². The highest BCUT2D eigenvalue weighted by molar-refractivity contribution is 5.91. The lowest BCUT2D eigenvalue weighted by molar-refractivity contribution is 0.0370. The Labute approximate surface area is 109 Å². The van der Waals surface area contributed by atoms with Crippen molar-refractivity contribution in [3.05, 3.63) is 24.2 Å². The van der Waals surface area contributed by atoms with Crippen LogP contribution >= 0.6 is 0 Å². The molecule has 1 aliphatic rings. The van der Waals surface area contributed by atoms with E-state index in [-0.39, 0.29) is 11.4 Å². The summed E-state index contributed by atoms with van der Waals surface area (Å²) in [6.07, 6.45) is 2.67. The van der Waals surface area contributed by atoms with Gasteiger partial charge < -0.3 is 9.32 Å². The molecule has 2 heterocycles. The average molecular weight is 250 g/mol. The zero-order chi connectivity index (χ0) is 13.2. The second kappa shape index (κ2) is 5.14. The Morgan fingerprint density at radius 2 is 2.00 bits per heavy atom. The third kappa shape index (κ3) is 2.58. The van der Waals surface area contributed by atoms with E-state index in [0.717, 1.165) is 32.6 Å². The normalized spacial score (nSPS) is 18.1. The van der Waals surface area contributed by atoms with Gasteiger partial charge in [0.1, 0.15) is 0 Å². The number of nitrogens with zero attached hydrogens (tertiary/aromatic N) is 2. The lowest BCUT2D eigenvalue weighted by atomic mass is 9.98. The van der Waals surface area contributed by atoms with Crippen LogP contribution in [0.5, 0.6) is 0 Å². The number of hydrogen-bond donors (Lipinski definition) is 0. The Hall–Kier alpha value is -1.29. The summed E-state index contributed by atoms with van der Waals surface area (Å²) >= 11 is 0. The second-order valence-corrected chi connectivity index (χ2v) is 5.42. The first-order chi connectivity index (χ1) is 8.54. The van der Waals surface area contributed by atoms with Gasteiger partial charge in [-0.3, -0.25) is 9.69 Å². The van der Waals surface area contributed by atoms with Crippen molar-refractivity contribution in [1.82, 2.24) is 9.80 Å². The maximum Gasteiger partial charge on any atom is 0.289 e. The number of carbonyl (C=O) groups excluding carboxylic acids is 1. The Morgan fingerprint density at radius 3 is 2.50 bits per heavy atom. The van der Waals surface area contributed by atoms with E-state index in [1.807, 2.05) is 4.90 Å². The van der Waals surface area contributed by atoms with Gasteiger partial charge in [0.2, 0.25) is 0 Å². The van der Waals surface area contributed by atoms with Gasteiger partial charge in [0.05, 0.1) is 6.26 Å². The minimum Gasteiger partial charge on any atom is -0.459 e. The summed E-state index contributed by atoms with van der Waals surface area (Å²) in [5.41, 5.74) is 0.222. The van der Waals surface area contributed by atoms with Crippen molar-refractivity contribution < 1.29 is 9.21 Å². The monoisotopic (exact) mass is 250 g/mol. The highest BCUT2D eigenvalue weighted by atomic mass is 16.3. The standard InChI is InChI=1S/C14H22N2O2/c1-4-14(2,3)16-9-7-15(8-10-16)13(17)12-6-5-11-18-12/h5-6,11H,4,7-10H2,1-3H3. The molecule has 1 aromatic heterocycles. The Morgan fingerprint density at radius 1 is 1.33 bits per heavy atom. The summed E-state index contributed by atoms with van der Waals surface area (Å²) in [4.78, 5) is 16.4. The maximum atomic E-state index is 12.1. The minimum absolute atomic E-state index is 0.00829. The summed E-state index contributed by atoms with van der Waals surface area (Å²) in [6.45, 7) is 10.2.